The van der Waals surface area contributed by atoms with Crippen LogP contribution in [-0.4, -0.2) is 38.1 Å². The number of nitrogens with zero attached hydrogens (tertiary/aromatic N) is 1. The molecule has 15 heavy (non-hydrogen) atoms. The highest BCUT2D eigenvalue weighted by Gasteiger charge is 2.27. The van der Waals surface area contributed by atoms with Crippen molar-refractivity contribution < 1.29 is 9.47 Å². The Balaban J connectivity index is 2.16. The molecular formula is C9H18N4O2. The minimum Gasteiger partial charge on any atom is -0.383 e. The first kappa shape index (κ1) is 11.9. The maximum absolute atomic E-state index is 6.90. The Kier molecular flexibility index (Phi) is 4.05. The van der Waals surface area contributed by atoms with Gasteiger partial charge in [0.25, 0.3) is 0 Å². The number of rotatable bonds is 4. The highest BCUT2D eigenvalue weighted by molar-refractivity contribution is 6.26. The van der Waals surface area contributed by atoms with E-state index in [0.717, 1.165) is 0 Å². The first-order valence-corrected chi connectivity index (χ1v) is 4.83. The average molecular weight is 214 g/mol. The van der Waals surface area contributed by atoms with Gasteiger partial charge >= 0.3 is 0 Å². The fraction of sp³-hybridized carbons (Fsp3) is 0.778. The maximum Gasteiger partial charge on any atom is 0.176 e. The van der Waals surface area contributed by atoms with E-state index in [-0.39, 0.29) is 17.5 Å². The molecule has 0 aliphatic carbocycles. The maximum atomic E-state index is 6.90. The van der Waals surface area contributed by atoms with E-state index in [4.69, 9.17) is 20.6 Å². The molecule has 0 radical (unpaired) electrons. The number of hydrazone groups is 1. The molecule has 0 unspecified atom stereocenters. The number of nitrogens with two attached hydrogens (primary N) is 1. The lowest BCUT2D eigenvalue weighted by Gasteiger charge is -2.34. The second-order valence-corrected chi connectivity index (χ2v) is 4.29. The van der Waals surface area contributed by atoms with Crippen LogP contribution in [0.1, 0.15) is 13.8 Å². The first-order chi connectivity index (χ1) is 6.99. The molecule has 0 bridgehead atoms. The zero-order chi connectivity index (χ0) is 11.3. The van der Waals surface area contributed by atoms with Gasteiger partial charge in [0, 0.05) is 5.41 Å². The van der Waals surface area contributed by atoms with Crippen LogP contribution in [-0.2, 0) is 9.47 Å². The molecule has 0 atom stereocenters. The molecule has 1 saturated heterocycles. The summed E-state index contributed by atoms with van der Waals surface area (Å²) in [7, 11) is 0. The van der Waals surface area contributed by atoms with Gasteiger partial charge < -0.3 is 20.6 Å². The Morgan fingerprint density at radius 1 is 1.60 bits per heavy atom. The van der Waals surface area contributed by atoms with E-state index < -0.39 is 0 Å². The summed E-state index contributed by atoms with van der Waals surface area (Å²) in [5.41, 5.74) is 7.87. The topological polar surface area (TPSA) is 92.7 Å². The summed E-state index contributed by atoms with van der Waals surface area (Å²) in [6.45, 7) is 5.99. The second-order valence-electron chi connectivity index (χ2n) is 4.29. The van der Waals surface area contributed by atoms with Crippen molar-refractivity contribution in [3.63, 3.8) is 0 Å². The van der Waals surface area contributed by atoms with Crippen LogP contribution in [0.5, 0.6) is 0 Å². The van der Waals surface area contributed by atoms with Gasteiger partial charge in [-0.15, -0.1) is 0 Å². The third-order valence-electron chi connectivity index (χ3n) is 1.87. The molecule has 1 rings (SSSR count). The van der Waals surface area contributed by atoms with Gasteiger partial charge in [0.2, 0.25) is 0 Å². The molecule has 86 valence electrons. The highest BCUT2D eigenvalue weighted by Crippen LogP contribution is 2.22. The molecule has 0 saturated carbocycles. The van der Waals surface area contributed by atoms with Gasteiger partial charge in [0.1, 0.15) is 5.84 Å². The van der Waals surface area contributed by atoms with Gasteiger partial charge in [-0.25, -0.2) is 0 Å². The van der Waals surface area contributed by atoms with Crippen LogP contribution in [0, 0.1) is 10.8 Å². The summed E-state index contributed by atoms with van der Waals surface area (Å²) in [5.74, 6) is -0.0888. The molecule has 0 spiro atoms. The van der Waals surface area contributed by atoms with Crippen LogP contribution in [0.25, 0.3) is 0 Å². The van der Waals surface area contributed by atoms with Crippen molar-refractivity contribution in [1.82, 2.24) is 5.43 Å². The lowest BCUT2D eigenvalue weighted by molar-refractivity contribution is -0.218. The van der Waals surface area contributed by atoms with Crippen molar-refractivity contribution >= 4 is 12.1 Å². The van der Waals surface area contributed by atoms with Crippen molar-refractivity contribution in [3.05, 3.63) is 0 Å². The molecular weight excluding hydrogens is 196 g/mol. The minimum atomic E-state index is -0.276. The lowest BCUT2D eigenvalue weighted by Crippen LogP contribution is -2.41. The Morgan fingerprint density at radius 3 is 2.73 bits per heavy atom. The number of amidine groups is 1. The van der Waals surface area contributed by atoms with Crippen molar-refractivity contribution in [1.29, 1.82) is 5.41 Å². The molecule has 0 aromatic rings. The van der Waals surface area contributed by atoms with E-state index in [9.17, 15) is 0 Å². The Bertz CT molecular complexity index is 242. The van der Waals surface area contributed by atoms with Crippen LogP contribution in [0.4, 0.5) is 0 Å². The summed E-state index contributed by atoms with van der Waals surface area (Å²) in [6, 6.07) is 0. The largest absolute Gasteiger partial charge is 0.383 e. The van der Waals surface area contributed by atoms with E-state index in [1.54, 1.807) is 0 Å². The van der Waals surface area contributed by atoms with Crippen molar-refractivity contribution in [3.8, 4) is 0 Å². The predicted molar refractivity (Wildman–Crippen MR) is 57.9 cm³/mol. The second kappa shape index (κ2) is 5.09. The van der Waals surface area contributed by atoms with Gasteiger partial charge in [0.05, 0.1) is 26.0 Å². The lowest BCUT2D eigenvalue weighted by atomic mass is 9.96. The molecule has 6 heteroatoms. The van der Waals surface area contributed by atoms with Crippen LogP contribution >= 0.6 is 0 Å². The van der Waals surface area contributed by atoms with Gasteiger partial charge in [-0.1, -0.05) is 13.8 Å². The zero-order valence-corrected chi connectivity index (χ0v) is 9.12. The smallest absolute Gasteiger partial charge is 0.176 e. The van der Waals surface area contributed by atoms with Crippen molar-refractivity contribution in [2.45, 2.75) is 20.1 Å². The fourth-order valence-corrected chi connectivity index (χ4v) is 1.09. The molecule has 1 heterocycles. The normalized spacial score (nSPS) is 21.7. The summed E-state index contributed by atoms with van der Waals surface area (Å²) in [5, 5.41) is 10.6. The molecule has 1 aliphatic rings. The predicted octanol–water partition coefficient (Wildman–Crippen LogP) is -0.103. The molecule has 1 aliphatic heterocycles. The fourth-order valence-electron chi connectivity index (χ4n) is 1.09. The summed E-state index contributed by atoms with van der Waals surface area (Å²) in [6.07, 6.45) is 0.953. The van der Waals surface area contributed by atoms with Gasteiger partial charge in [-0.05, 0) is 0 Å². The molecule has 0 aromatic heterocycles. The Morgan fingerprint density at radius 2 is 2.20 bits per heavy atom. The highest BCUT2D eigenvalue weighted by atomic mass is 16.7. The van der Waals surface area contributed by atoms with Crippen LogP contribution in [0.3, 0.4) is 0 Å². The SMILES string of the molecule is CC1(C)COC(CN/N=C\C(=N)N)OC1. The monoisotopic (exact) mass is 214 g/mol. The third-order valence-corrected chi connectivity index (χ3v) is 1.87. The van der Waals surface area contributed by atoms with Crippen LogP contribution in [0.2, 0.25) is 0 Å². The Labute approximate surface area is 89.3 Å². The van der Waals surface area contributed by atoms with E-state index in [1.807, 2.05) is 0 Å². The molecule has 0 amide bonds. The van der Waals surface area contributed by atoms with Crippen molar-refractivity contribution in [2.75, 3.05) is 19.8 Å². The summed E-state index contributed by atoms with van der Waals surface area (Å²) < 4.78 is 10.9. The Hall–Kier alpha value is -1.14. The molecule has 1 fully saturated rings. The molecule has 0 aromatic carbocycles. The van der Waals surface area contributed by atoms with Gasteiger partial charge in [-0.3, -0.25) is 5.41 Å². The zero-order valence-electron chi connectivity index (χ0n) is 9.12. The van der Waals surface area contributed by atoms with E-state index in [2.05, 4.69) is 24.4 Å². The van der Waals surface area contributed by atoms with Crippen LogP contribution < -0.4 is 11.2 Å². The summed E-state index contributed by atoms with van der Waals surface area (Å²) in [4.78, 5) is 0. The minimum absolute atomic E-state index is 0.0825. The van der Waals surface area contributed by atoms with E-state index >= 15 is 0 Å². The number of nitrogens with one attached hydrogen (secondary N) is 2. The van der Waals surface area contributed by atoms with Gasteiger partial charge in [0.15, 0.2) is 6.29 Å². The number of ether oxygens (including phenoxy) is 2. The van der Waals surface area contributed by atoms with Gasteiger partial charge in [-0.2, -0.15) is 5.10 Å². The first-order valence-electron chi connectivity index (χ1n) is 4.83. The van der Waals surface area contributed by atoms with E-state index in [1.165, 1.54) is 6.21 Å². The quantitative estimate of drug-likeness (QED) is 0.346. The van der Waals surface area contributed by atoms with E-state index in [0.29, 0.717) is 19.8 Å². The number of hydrogen-bond donors (Lipinski definition) is 3. The van der Waals surface area contributed by atoms with Crippen molar-refractivity contribution in [2.24, 2.45) is 16.3 Å². The number of hydrogen-bond acceptors (Lipinski definition) is 5. The van der Waals surface area contributed by atoms with Crippen LogP contribution in [0.15, 0.2) is 5.10 Å². The molecule has 6 nitrogen and oxygen atoms in total. The molecule has 4 N–H and O–H groups in total. The average Bonchev–Trinajstić information content (AvgIpc) is 2.14. The third kappa shape index (κ3) is 4.75. The standard InChI is InChI=1S/C9H18N4O2/c1-9(2)5-14-8(15-6-9)4-13-12-3-7(10)11/h3,8,13H,4-6H2,1-2H3,(H3,10,11)/b12-3-. The summed E-state index contributed by atoms with van der Waals surface area (Å²) >= 11 is 0.